The number of hydrogen-bond acceptors (Lipinski definition) is 0. The molecule has 2 unspecified atom stereocenters. The van der Waals surface area contributed by atoms with Gasteiger partial charge in [0.15, 0.2) is 0 Å². The molecule has 0 bridgehead atoms. The minimum atomic E-state index is -5.16. The topological polar surface area (TPSA) is 0 Å². The molecule has 4 aliphatic rings. The minimum absolute atomic E-state index is 0.105. The molecule has 0 saturated heterocycles. The van der Waals surface area contributed by atoms with E-state index in [0.29, 0.717) is 10.8 Å². The molecule has 2 atom stereocenters. The molecule has 4 heteroatoms. The molecule has 2 fully saturated rings. The van der Waals surface area contributed by atoms with E-state index in [1.807, 2.05) is 0 Å². The molecule has 0 spiro atoms. The van der Waals surface area contributed by atoms with Crippen molar-refractivity contribution in [2.45, 2.75) is 175 Å². The zero-order chi connectivity index (χ0) is 43.2. The Morgan fingerprint density at radius 3 is 1.18 bits per heavy atom. The Hall–Kier alpha value is -1.96. The average molecular weight is 964 g/mol. The number of allylic oxidation sites excluding steroid dienone is 2. The van der Waals surface area contributed by atoms with Crippen LogP contribution in [0.25, 0.3) is 34.4 Å². The van der Waals surface area contributed by atoms with Crippen molar-refractivity contribution in [3.63, 3.8) is 0 Å². The zero-order valence-electron chi connectivity index (χ0n) is 38.9. The van der Waals surface area contributed by atoms with E-state index in [4.69, 9.17) is 0 Å². The van der Waals surface area contributed by atoms with Crippen LogP contribution in [0.1, 0.15) is 185 Å². The van der Waals surface area contributed by atoms with Gasteiger partial charge in [-0.05, 0) is 0 Å². The predicted octanol–water partition coefficient (Wildman–Crippen LogP) is 19.2. The molecule has 0 aliphatic heterocycles. The molecule has 0 N–H and O–H groups in total. The van der Waals surface area contributed by atoms with E-state index < -0.39 is 21.5 Å². The van der Waals surface area contributed by atoms with Crippen LogP contribution in [0.15, 0.2) is 108 Å². The van der Waals surface area contributed by atoms with Crippen LogP contribution in [0.2, 0.25) is 13.1 Å². The second kappa shape index (κ2) is 20.3. The standard InChI is InChI=1S/2C28H35.C2H7Si.2ClH.Zr/c2*1-2-17-28(18-10-5-3-4-6-11-19-28)22-23-20-25-15-12-16-26(27(25)21-23)24-13-8-7-9-14-24;1-3-2;;;/h2*7-9,12-16,20-21H,2-6,10-11,17-19,22H2,1H3;3H,1-2H3;2*1H;/q;;;;;+2/p-2. The van der Waals surface area contributed by atoms with Crippen LogP contribution < -0.4 is 0 Å². The Morgan fingerprint density at radius 1 is 0.484 bits per heavy atom. The first-order valence-electron chi connectivity index (χ1n) is 25.5. The van der Waals surface area contributed by atoms with E-state index >= 15 is 0 Å². The Bertz CT molecular complexity index is 2010. The first kappa shape index (κ1) is 46.6. The summed E-state index contributed by atoms with van der Waals surface area (Å²) in [6, 6.07) is 36.8. The third-order valence-electron chi connectivity index (χ3n) is 16.7. The van der Waals surface area contributed by atoms with E-state index in [9.17, 15) is 17.0 Å². The first-order valence-corrected chi connectivity index (χ1v) is 41.8. The molecule has 4 aromatic rings. The molecule has 4 aliphatic carbocycles. The Balaban J connectivity index is 1.36. The Morgan fingerprint density at radius 2 is 0.839 bits per heavy atom. The third-order valence-corrected chi connectivity index (χ3v) is 68.6. The number of rotatable bonds is 13. The fourth-order valence-corrected chi connectivity index (χ4v) is 45.0. The maximum atomic E-state index is 9.39. The van der Waals surface area contributed by atoms with Crippen molar-refractivity contribution in [1.82, 2.24) is 0 Å². The molecule has 0 aromatic heterocycles. The molecule has 2 saturated carbocycles. The van der Waals surface area contributed by atoms with Gasteiger partial charge in [-0.25, -0.2) is 0 Å². The van der Waals surface area contributed by atoms with Crippen LogP contribution >= 0.6 is 17.0 Å². The first-order chi connectivity index (χ1) is 30.1. The van der Waals surface area contributed by atoms with E-state index in [1.165, 1.54) is 173 Å². The third kappa shape index (κ3) is 9.36. The number of hydrogen-bond donors (Lipinski definition) is 0. The number of halogens is 2. The summed E-state index contributed by atoms with van der Waals surface area (Å²) in [5.74, 6) is -1.77. The van der Waals surface area contributed by atoms with Crippen molar-refractivity contribution in [2.24, 2.45) is 10.8 Å². The fourth-order valence-electron chi connectivity index (χ4n) is 13.7. The monoisotopic (exact) mass is 961 g/mol. The van der Waals surface area contributed by atoms with E-state index in [0.717, 1.165) is 12.8 Å². The molecule has 4 aromatic carbocycles. The van der Waals surface area contributed by atoms with Gasteiger partial charge in [-0.15, -0.1) is 0 Å². The van der Waals surface area contributed by atoms with E-state index in [1.54, 1.807) is 11.1 Å². The summed E-state index contributed by atoms with van der Waals surface area (Å²) in [5.41, 5.74) is 14.8. The SMILES string of the molecule is CCCC1(CC2=Cc3c(-c4ccccc4)cccc3[CH]2[Zr]([Cl])([Cl])([CH]2C(CC3(CCC)CCCCCCCC3)=Cc3c(-c4ccccc4)cccc32)[SiH](C)C)CCCCCCCC1. The van der Waals surface area contributed by atoms with Crippen molar-refractivity contribution in [2.75, 3.05) is 0 Å². The average Bonchev–Trinajstić information content (AvgIpc) is 3.90. The molecule has 331 valence electrons. The van der Waals surface area contributed by atoms with Gasteiger partial charge < -0.3 is 0 Å². The van der Waals surface area contributed by atoms with Crippen LogP contribution in [-0.2, 0) is 15.6 Å². The summed E-state index contributed by atoms with van der Waals surface area (Å²) < 4.78 is 0.211. The van der Waals surface area contributed by atoms with E-state index in [2.05, 4.69) is 136 Å². The van der Waals surface area contributed by atoms with Gasteiger partial charge in [-0.1, -0.05) is 0 Å². The van der Waals surface area contributed by atoms with Gasteiger partial charge in [0.05, 0.1) is 0 Å². The van der Waals surface area contributed by atoms with Crippen LogP contribution in [0.3, 0.4) is 0 Å². The van der Waals surface area contributed by atoms with Crippen molar-refractivity contribution in [3.05, 3.63) is 130 Å². The summed E-state index contributed by atoms with van der Waals surface area (Å²) >= 11 is -5.16. The summed E-state index contributed by atoms with van der Waals surface area (Å²) in [6.45, 7) is 10.0. The van der Waals surface area contributed by atoms with Crippen LogP contribution in [-0.4, -0.2) is 5.92 Å². The normalized spacial score (nSPS) is 22.3. The molecule has 0 heterocycles. The fraction of sp³-hybridized carbons (Fsp3) is 0.517. The van der Waals surface area contributed by atoms with Gasteiger partial charge in [0.2, 0.25) is 0 Å². The predicted molar refractivity (Wildman–Crippen MR) is 274 cm³/mol. The van der Waals surface area contributed by atoms with Crippen LogP contribution in [0, 0.1) is 10.8 Å². The van der Waals surface area contributed by atoms with Gasteiger partial charge in [-0.3, -0.25) is 0 Å². The van der Waals surface area contributed by atoms with Gasteiger partial charge in [0.25, 0.3) is 0 Å². The molecule has 0 radical (unpaired) electrons. The molecule has 8 rings (SSSR count). The summed E-state index contributed by atoms with van der Waals surface area (Å²) in [4.78, 5) is 0. The Labute approximate surface area is 386 Å². The van der Waals surface area contributed by atoms with Gasteiger partial charge in [0.1, 0.15) is 0 Å². The molecule has 0 nitrogen and oxygen atoms in total. The van der Waals surface area contributed by atoms with Gasteiger partial charge >= 0.3 is 390 Å². The number of benzene rings is 4. The summed E-state index contributed by atoms with van der Waals surface area (Å²) in [5, 5.41) is 0. The molecular formula is C58H77Cl2SiZr. The van der Waals surface area contributed by atoms with Crippen molar-refractivity contribution in [3.8, 4) is 22.3 Å². The van der Waals surface area contributed by atoms with Crippen molar-refractivity contribution < 1.29 is 15.6 Å². The Kier molecular flexibility index (Phi) is 15.2. The van der Waals surface area contributed by atoms with Crippen molar-refractivity contribution >= 4 is 35.1 Å². The van der Waals surface area contributed by atoms with Crippen LogP contribution in [0.4, 0.5) is 0 Å². The number of fused-ring (bicyclic) bond motifs is 2. The van der Waals surface area contributed by atoms with Crippen LogP contribution in [0.5, 0.6) is 0 Å². The quantitative estimate of drug-likeness (QED) is 0.117. The van der Waals surface area contributed by atoms with E-state index in [-0.39, 0.29) is 7.25 Å². The summed E-state index contributed by atoms with van der Waals surface area (Å²) in [7, 11) is 18.8. The van der Waals surface area contributed by atoms with Gasteiger partial charge in [0, 0.05) is 0 Å². The molecular weight excluding hydrogens is 887 g/mol. The second-order valence-electron chi connectivity index (χ2n) is 21.1. The second-order valence-corrected chi connectivity index (χ2v) is 63.6. The van der Waals surface area contributed by atoms with Gasteiger partial charge in [-0.2, -0.15) is 0 Å². The zero-order valence-corrected chi connectivity index (χ0v) is 44.1. The maximum absolute atomic E-state index is 9.39. The van der Waals surface area contributed by atoms with Crippen molar-refractivity contribution in [1.29, 1.82) is 0 Å². The summed E-state index contributed by atoms with van der Waals surface area (Å²) in [6.07, 6.45) is 34.5. The molecule has 62 heavy (non-hydrogen) atoms. The molecule has 0 amide bonds.